The fourth-order valence-electron chi connectivity index (χ4n) is 2.09. The van der Waals surface area contributed by atoms with E-state index in [0.29, 0.717) is 24.5 Å². The van der Waals surface area contributed by atoms with Crippen molar-refractivity contribution in [3.63, 3.8) is 0 Å². The third-order valence-corrected chi connectivity index (χ3v) is 3.41. The summed E-state index contributed by atoms with van der Waals surface area (Å²) in [6.45, 7) is 3.37. The number of hydrogen-bond donors (Lipinski definition) is 2. The molecule has 0 aliphatic carbocycles. The van der Waals surface area contributed by atoms with E-state index in [1.807, 2.05) is 19.0 Å². The van der Waals surface area contributed by atoms with Gasteiger partial charge in [-0.2, -0.15) is 0 Å². The molecule has 1 heterocycles. The average molecular weight is 357 g/mol. The Morgan fingerprint density at radius 2 is 1.88 bits per heavy atom. The van der Waals surface area contributed by atoms with Crippen molar-refractivity contribution in [1.82, 2.24) is 20.2 Å². The second-order valence-electron chi connectivity index (χ2n) is 5.77. The number of aromatic nitrogens is 2. The number of carbonyl (C=O) groups excluding carboxylic acids is 2. The molecule has 26 heavy (non-hydrogen) atoms. The van der Waals surface area contributed by atoms with E-state index in [0.717, 1.165) is 12.2 Å². The number of nitrogens with one attached hydrogen (secondary N) is 2. The first-order chi connectivity index (χ1) is 12.5. The Morgan fingerprint density at radius 1 is 1.15 bits per heavy atom. The molecule has 0 fully saturated rings. The van der Waals surface area contributed by atoms with Crippen LogP contribution in [0.15, 0.2) is 36.7 Å². The van der Waals surface area contributed by atoms with Crippen molar-refractivity contribution >= 4 is 23.4 Å². The molecule has 0 bridgehead atoms. The van der Waals surface area contributed by atoms with Crippen LogP contribution in [0.1, 0.15) is 27.8 Å². The van der Waals surface area contributed by atoms with Gasteiger partial charge >= 0.3 is 5.97 Å². The van der Waals surface area contributed by atoms with Gasteiger partial charge in [0, 0.05) is 24.8 Å². The third-order valence-electron chi connectivity index (χ3n) is 3.41. The predicted octanol–water partition coefficient (Wildman–Crippen LogP) is 1.69. The van der Waals surface area contributed by atoms with Crippen molar-refractivity contribution in [1.29, 1.82) is 0 Å². The van der Waals surface area contributed by atoms with Gasteiger partial charge in [-0.05, 0) is 45.3 Å². The zero-order chi connectivity index (χ0) is 18.9. The van der Waals surface area contributed by atoms with Gasteiger partial charge in [0.1, 0.15) is 17.8 Å². The zero-order valence-corrected chi connectivity index (χ0v) is 15.2. The topological polar surface area (TPSA) is 96.4 Å². The highest BCUT2D eigenvalue weighted by molar-refractivity contribution is 5.93. The maximum Gasteiger partial charge on any atom is 0.338 e. The molecule has 2 N–H and O–H groups in total. The number of likely N-dealkylation sites (N-methyl/N-ethyl adjacent to an activating group) is 1. The first kappa shape index (κ1) is 19.3. The van der Waals surface area contributed by atoms with Gasteiger partial charge in [0.15, 0.2) is 0 Å². The third kappa shape index (κ3) is 5.82. The molecule has 0 spiro atoms. The van der Waals surface area contributed by atoms with Crippen LogP contribution < -0.4 is 10.6 Å². The Labute approximate surface area is 152 Å². The summed E-state index contributed by atoms with van der Waals surface area (Å²) in [6, 6.07) is 8.38. The summed E-state index contributed by atoms with van der Waals surface area (Å²) in [5.74, 6) is -0.130. The molecule has 0 radical (unpaired) electrons. The standard InChI is InChI=1S/C18H23N5O3/c1-4-26-18(25)13-5-7-14(8-6-13)22-16-11-15(20-12-21-16)17(24)19-9-10-23(2)3/h5-8,11-12H,4,9-10H2,1-3H3,(H,19,24)(H,20,21,22). The fraction of sp³-hybridized carbons (Fsp3) is 0.333. The quantitative estimate of drug-likeness (QED) is 0.694. The lowest BCUT2D eigenvalue weighted by atomic mass is 10.2. The highest BCUT2D eigenvalue weighted by atomic mass is 16.5. The highest BCUT2D eigenvalue weighted by Gasteiger charge is 2.09. The van der Waals surface area contributed by atoms with E-state index in [1.165, 1.54) is 6.33 Å². The van der Waals surface area contributed by atoms with Crippen LogP contribution in [0.3, 0.4) is 0 Å². The van der Waals surface area contributed by atoms with Crippen LogP contribution in [0, 0.1) is 0 Å². The number of rotatable bonds is 8. The van der Waals surface area contributed by atoms with Gasteiger partial charge in [0.2, 0.25) is 0 Å². The SMILES string of the molecule is CCOC(=O)c1ccc(Nc2cc(C(=O)NCCN(C)C)ncn2)cc1. The number of hydrogen-bond acceptors (Lipinski definition) is 7. The molecule has 2 rings (SSSR count). The van der Waals surface area contributed by atoms with Crippen LogP contribution in [0.2, 0.25) is 0 Å². The molecule has 0 aliphatic heterocycles. The average Bonchev–Trinajstić information content (AvgIpc) is 2.62. The smallest absolute Gasteiger partial charge is 0.338 e. The second kappa shape index (κ2) is 9.47. The van der Waals surface area contributed by atoms with Crippen LogP contribution in [-0.4, -0.2) is 60.5 Å². The molecule has 0 saturated heterocycles. The van der Waals surface area contributed by atoms with Crippen molar-refractivity contribution in [2.24, 2.45) is 0 Å². The van der Waals surface area contributed by atoms with E-state index >= 15 is 0 Å². The van der Waals surface area contributed by atoms with Crippen LogP contribution in [0.5, 0.6) is 0 Å². The molecule has 138 valence electrons. The molecule has 1 aromatic heterocycles. The number of carbonyl (C=O) groups is 2. The van der Waals surface area contributed by atoms with Gasteiger partial charge < -0.3 is 20.3 Å². The zero-order valence-electron chi connectivity index (χ0n) is 15.2. The van der Waals surface area contributed by atoms with Crippen LogP contribution in [0.4, 0.5) is 11.5 Å². The van der Waals surface area contributed by atoms with E-state index in [-0.39, 0.29) is 17.6 Å². The maximum absolute atomic E-state index is 12.1. The number of nitrogens with zero attached hydrogens (tertiary/aromatic N) is 3. The Bertz CT molecular complexity index is 747. The summed E-state index contributed by atoms with van der Waals surface area (Å²) in [4.78, 5) is 33.9. The molecule has 8 nitrogen and oxygen atoms in total. The van der Waals surface area contributed by atoms with Gasteiger partial charge in [-0.25, -0.2) is 14.8 Å². The predicted molar refractivity (Wildman–Crippen MR) is 98.6 cm³/mol. The first-order valence-corrected chi connectivity index (χ1v) is 8.28. The van der Waals surface area contributed by atoms with Crippen LogP contribution >= 0.6 is 0 Å². The van der Waals surface area contributed by atoms with E-state index in [1.54, 1.807) is 37.3 Å². The monoisotopic (exact) mass is 357 g/mol. The lowest BCUT2D eigenvalue weighted by molar-refractivity contribution is 0.0526. The Kier molecular flexibility index (Phi) is 7.04. The van der Waals surface area contributed by atoms with Gasteiger partial charge in [-0.3, -0.25) is 4.79 Å². The second-order valence-corrected chi connectivity index (χ2v) is 5.77. The number of esters is 1. The minimum absolute atomic E-state index is 0.255. The Hall–Kier alpha value is -3.00. The molecule has 0 saturated carbocycles. The molecule has 2 aromatic rings. The molecular weight excluding hydrogens is 334 g/mol. The van der Waals surface area contributed by atoms with Gasteiger partial charge in [0.25, 0.3) is 5.91 Å². The summed E-state index contributed by atoms with van der Waals surface area (Å²) in [5, 5.41) is 5.88. The van der Waals surface area contributed by atoms with Crippen molar-refractivity contribution < 1.29 is 14.3 Å². The van der Waals surface area contributed by atoms with Crippen LogP contribution in [0.25, 0.3) is 0 Å². The normalized spacial score (nSPS) is 10.5. The summed E-state index contributed by atoms with van der Waals surface area (Å²) in [7, 11) is 3.87. The summed E-state index contributed by atoms with van der Waals surface area (Å²) < 4.78 is 4.95. The number of anilines is 2. The number of amides is 1. The Balaban J connectivity index is 1.99. The fourth-order valence-corrected chi connectivity index (χ4v) is 2.09. The van der Waals surface area contributed by atoms with Gasteiger partial charge in [-0.15, -0.1) is 0 Å². The van der Waals surface area contributed by atoms with E-state index in [2.05, 4.69) is 20.6 Å². The lowest BCUT2D eigenvalue weighted by Gasteiger charge is -2.11. The van der Waals surface area contributed by atoms with Gasteiger partial charge in [-0.1, -0.05) is 0 Å². The largest absolute Gasteiger partial charge is 0.462 e. The first-order valence-electron chi connectivity index (χ1n) is 8.28. The lowest BCUT2D eigenvalue weighted by Crippen LogP contribution is -2.31. The Morgan fingerprint density at radius 3 is 2.54 bits per heavy atom. The molecule has 1 amide bonds. The van der Waals surface area contributed by atoms with E-state index in [9.17, 15) is 9.59 Å². The van der Waals surface area contributed by atoms with Crippen molar-refractivity contribution in [3.05, 3.63) is 47.9 Å². The minimum Gasteiger partial charge on any atom is -0.462 e. The van der Waals surface area contributed by atoms with E-state index in [4.69, 9.17) is 4.74 Å². The van der Waals surface area contributed by atoms with Crippen molar-refractivity contribution in [2.75, 3.05) is 39.1 Å². The molecule has 0 aliphatic rings. The molecular formula is C18H23N5O3. The number of ether oxygens (including phenoxy) is 1. The molecule has 0 atom stereocenters. The van der Waals surface area contributed by atoms with Gasteiger partial charge in [0.05, 0.1) is 12.2 Å². The minimum atomic E-state index is -0.363. The summed E-state index contributed by atoms with van der Waals surface area (Å²) in [5.41, 5.74) is 1.49. The molecule has 8 heteroatoms. The number of benzene rings is 1. The molecule has 1 aromatic carbocycles. The van der Waals surface area contributed by atoms with Crippen molar-refractivity contribution in [2.45, 2.75) is 6.92 Å². The summed E-state index contributed by atoms with van der Waals surface area (Å²) in [6.07, 6.45) is 1.33. The van der Waals surface area contributed by atoms with Crippen molar-refractivity contribution in [3.8, 4) is 0 Å². The maximum atomic E-state index is 12.1. The summed E-state index contributed by atoms with van der Waals surface area (Å²) >= 11 is 0. The molecule has 0 unspecified atom stereocenters. The highest BCUT2D eigenvalue weighted by Crippen LogP contribution is 2.16. The van der Waals surface area contributed by atoms with Crippen LogP contribution in [-0.2, 0) is 4.74 Å². The van der Waals surface area contributed by atoms with E-state index < -0.39 is 0 Å².